The van der Waals surface area contributed by atoms with Gasteiger partial charge < -0.3 is 4.90 Å². The van der Waals surface area contributed by atoms with Crippen molar-refractivity contribution in [1.29, 1.82) is 0 Å². The average Bonchev–Trinajstić information content (AvgIpc) is 3.17. The number of aromatic nitrogens is 4. The number of aryl methyl sites for hydroxylation is 2. The van der Waals surface area contributed by atoms with Crippen LogP contribution in [0.25, 0.3) is 5.69 Å². The molecule has 0 radical (unpaired) electrons. The van der Waals surface area contributed by atoms with Gasteiger partial charge in [-0.05, 0) is 42.0 Å². The molecule has 0 aliphatic carbocycles. The minimum Gasteiger partial charge on any atom is -0.340 e. The van der Waals surface area contributed by atoms with Crippen LogP contribution in [-0.2, 0) is 17.8 Å². The van der Waals surface area contributed by atoms with E-state index in [9.17, 15) is 4.79 Å². The summed E-state index contributed by atoms with van der Waals surface area (Å²) < 4.78 is 1.79. The molecule has 150 valence electrons. The topological polar surface area (TPSA) is 67.2 Å². The number of hydrogen-bond donors (Lipinski definition) is 0. The summed E-state index contributed by atoms with van der Waals surface area (Å²) in [6.07, 6.45) is 0.466. The Kier molecular flexibility index (Phi) is 5.67. The predicted molar refractivity (Wildman–Crippen MR) is 111 cm³/mol. The van der Waals surface area contributed by atoms with Crippen molar-refractivity contribution in [3.05, 3.63) is 71.0 Å². The Morgan fingerprint density at radius 2 is 1.72 bits per heavy atom. The van der Waals surface area contributed by atoms with Gasteiger partial charge in [0.1, 0.15) is 0 Å². The number of amides is 1. The van der Waals surface area contributed by atoms with Crippen LogP contribution in [0, 0.1) is 13.8 Å². The first kappa shape index (κ1) is 19.3. The molecule has 2 heterocycles. The zero-order valence-corrected chi connectivity index (χ0v) is 17.0. The lowest BCUT2D eigenvalue weighted by Gasteiger charge is -2.34. The van der Waals surface area contributed by atoms with Crippen LogP contribution in [0.5, 0.6) is 0 Å². The van der Waals surface area contributed by atoms with Crippen molar-refractivity contribution in [3.8, 4) is 5.69 Å². The maximum absolute atomic E-state index is 12.6. The molecule has 1 saturated heterocycles. The van der Waals surface area contributed by atoms with Gasteiger partial charge in [0.25, 0.3) is 0 Å². The number of nitrogens with zero attached hydrogens (tertiary/aromatic N) is 6. The lowest BCUT2D eigenvalue weighted by molar-refractivity contribution is -0.132. The molecule has 4 rings (SSSR count). The van der Waals surface area contributed by atoms with Gasteiger partial charge in [0.05, 0.1) is 18.7 Å². The molecule has 1 aliphatic heterocycles. The predicted octanol–water partition coefficient (Wildman–Crippen LogP) is 2.17. The fraction of sp³-hybridized carbons (Fsp3) is 0.364. The Bertz CT molecular complexity index is 973. The molecule has 0 unspecified atom stereocenters. The van der Waals surface area contributed by atoms with Gasteiger partial charge in [-0.1, -0.05) is 47.5 Å². The highest BCUT2D eigenvalue weighted by molar-refractivity contribution is 5.79. The summed E-state index contributed by atoms with van der Waals surface area (Å²) in [5, 5.41) is 12.2. The normalized spacial score (nSPS) is 14.9. The first-order valence-corrected chi connectivity index (χ1v) is 9.98. The van der Waals surface area contributed by atoms with Crippen LogP contribution in [0.15, 0.2) is 48.5 Å². The van der Waals surface area contributed by atoms with Crippen molar-refractivity contribution >= 4 is 5.91 Å². The Labute approximate surface area is 170 Å². The van der Waals surface area contributed by atoms with Gasteiger partial charge in [-0.2, -0.15) is 4.68 Å². The van der Waals surface area contributed by atoms with Crippen LogP contribution in [0.4, 0.5) is 0 Å². The Morgan fingerprint density at radius 1 is 0.966 bits per heavy atom. The van der Waals surface area contributed by atoms with Crippen LogP contribution < -0.4 is 0 Å². The summed E-state index contributed by atoms with van der Waals surface area (Å²) in [6.45, 7) is 7.88. The molecular weight excluding hydrogens is 364 g/mol. The molecule has 3 aromatic rings. The molecule has 1 amide bonds. The third-order valence-electron chi connectivity index (χ3n) is 5.34. The Hall–Kier alpha value is -3.06. The van der Waals surface area contributed by atoms with E-state index >= 15 is 0 Å². The van der Waals surface area contributed by atoms with E-state index in [1.165, 1.54) is 11.1 Å². The number of carbonyl (C=O) groups is 1. The SMILES string of the molecule is Cc1ccc(-n2nnnc2CN2CCN(C(=O)Cc3cccc(C)c3)CC2)cc1. The van der Waals surface area contributed by atoms with Crippen LogP contribution in [0.3, 0.4) is 0 Å². The van der Waals surface area contributed by atoms with E-state index < -0.39 is 0 Å². The number of tetrazole rings is 1. The van der Waals surface area contributed by atoms with E-state index in [1.54, 1.807) is 4.68 Å². The summed E-state index contributed by atoms with van der Waals surface area (Å²) in [6, 6.07) is 16.3. The molecule has 0 N–H and O–H groups in total. The molecule has 0 atom stereocenters. The summed E-state index contributed by atoms with van der Waals surface area (Å²) in [5.74, 6) is 1.01. The van der Waals surface area contributed by atoms with E-state index in [-0.39, 0.29) is 5.91 Å². The second kappa shape index (κ2) is 8.53. The second-order valence-electron chi connectivity index (χ2n) is 7.67. The van der Waals surface area contributed by atoms with Crippen LogP contribution in [-0.4, -0.2) is 62.1 Å². The fourth-order valence-electron chi connectivity index (χ4n) is 3.65. The van der Waals surface area contributed by atoms with Gasteiger partial charge in [-0.15, -0.1) is 5.10 Å². The van der Waals surface area contributed by atoms with Gasteiger partial charge in [0, 0.05) is 26.2 Å². The molecule has 1 fully saturated rings. The van der Waals surface area contributed by atoms with Crippen molar-refractivity contribution in [2.45, 2.75) is 26.8 Å². The molecule has 1 aliphatic rings. The first-order valence-electron chi connectivity index (χ1n) is 9.98. The van der Waals surface area contributed by atoms with Gasteiger partial charge in [-0.3, -0.25) is 9.69 Å². The molecule has 0 bridgehead atoms. The van der Waals surface area contributed by atoms with Gasteiger partial charge in [0.2, 0.25) is 5.91 Å². The number of hydrogen-bond acceptors (Lipinski definition) is 5. The number of benzene rings is 2. The van der Waals surface area contributed by atoms with Crippen molar-refractivity contribution < 1.29 is 4.79 Å². The highest BCUT2D eigenvalue weighted by Gasteiger charge is 2.23. The quantitative estimate of drug-likeness (QED) is 0.668. The number of rotatable bonds is 5. The smallest absolute Gasteiger partial charge is 0.227 e. The van der Waals surface area contributed by atoms with Crippen LogP contribution >= 0.6 is 0 Å². The monoisotopic (exact) mass is 390 g/mol. The highest BCUT2D eigenvalue weighted by Crippen LogP contribution is 2.13. The highest BCUT2D eigenvalue weighted by atomic mass is 16.2. The third kappa shape index (κ3) is 4.68. The second-order valence-corrected chi connectivity index (χ2v) is 7.67. The summed E-state index contributed by atoms with van der Waals surface area (Å²) in [7, 11) is 0. The summed E-state index contributed by atoms with van der Waals surface area (Å²) in [4.78, 5) is 16.9. The summed E-state index contributed by atoms with van der Waals surface area (Å²) in [5.41, 5.74) is 4.43. The van der Waals surface area contributed by atoms with Gasteiger partial charge in [-0.25, -0.2) is 0 Å². The standard InChI is InChI=1S/C22H26N6O/c1-17-6-8-20(9-7-17)28-21(23-24-25-28)16-26-10-12-27(13-11-26)22(29)15-19-5-3-4-18(2)14-19/h3-9,14H,10-13,15-16H2,1-2H3. The van der Waals surface area contributed by atoms with Gasteiger partial charge in [0.15, 0.2) is 5.82 Å². The molecule has 0 saturated carbocycles. The van der Waals surface area contributed by atoms with E-state index in [0.717, 1.165) is 43.3 Å². The van der Waals surface area contributed by atoms with E-state index in [2.05, 4.69) is 58.5 Å². The zero-order valence-electron chi connectivity index (χ0n) is 17.0. The Balaban J connectivity index is 1.33. The van der Waals surface area contributed by atoms with E-state index in [0.29, 0.717) is 13.0 Å². The third-order valence-corrected chi connectivity index (χ3v) is 5.34. The van der Waals surface area contributed by atoms with Crippen LogP contribution in [0.1, 0.15) is 22.5 Å². The molecule has 7 nitrogen and oxygen atoms in total. The molecule has 29 heavy (non-hydrogen) atoms. The minimum atomic E-state index is 0.194. The molecule has 2 aromatic carbocycles. The Morgan fingerprint density at radius 3 is 2.45 bits per heavy atom. The molecule has 7 heteroatoms. The van der Waals surface area contributed by atoms with Gasteiger partial charge >= 0.3 is 0 Å². The first-order chi connectivity index (χ1) is 14.1. The number of carbonyl (C=O) groups excluding carboxylic acids is 1. The largest absolute Gasteiger partial charge is 0.340 e. The lowest BCUT2D eigenvalue weighted by Crippen LogP contribution is -2.49. The van der Waals surface area contributed by atoms with Crippen molar-refractivity contribution in [2.24, 2.45) is 0 Å². The average molecular weight is 390 g/mol. The number of piperazine rings is 1. The van der Waals surface area contributed by atoms with Crippen LogP contribution in [0.2, 0.25) is 0 Å². The molecule has 0 spiro atoms. The summed E-state index contributed by atoms with van der Waals surface area (Å²) >= 11 is 0. The van der Waals surface area contributed by atoms with Crippen molar-refractivity contribution in [1.82, 2.24) is 30.0 Å². The zero-order chi connectivity index (χ0) is 20.2. The maximum Gasteiger partial charge on any atom is 0.227 e. The maximum atomic E-state index is 12.6. The lowest BCUT2D eigenvalue weighted by atomic mass is 10.1. The van der Waals surface area contributed by atoms with Crippen molar-refractivity contribution in [2.75, 3.05) is 26.2 Å². The van der Waals surface area contributed by atoms with Crippen molar-refractivity contribution in [3.63, 3.8) is 0 Å². The van der Waals surface area contributed by atoms with E-state index in [4.69, 9.17) is 0 Å². The molecular formula is C22H26N6O. The minimum absolute atomic E-state index is 0.194. The molecule has 1 aromatic heterocycles. The van der Waals surface area contributed by atoms with E-state index in [1.807, 2.05) is 29.2 Å². The fourth-order valence-corrected chi connectivity index (χ4v) is 3.65.